The SMILES string of the molecule is COc1c(C)cc(C)cc1-c1nc[nH]c1C=O. The van der Waals surface area contributed by atoms with E-state index in [1.807, 2.05) is 26.0 Å². The second-order valence-corrected chi connectivity index (χ2v) is 3.95. The van der Waals surface area contributed by atoms with Gasteiger partial charge in [-0.25, -0.2) is 4.98 Å². The van der Waals surface area contributed by atoms with Crippen molar-refractivity contribution in [3.05, 3.63) is 35.3 Å². The summed E-state index contributed by atoms with van der Waals surface area (Å²) in [5.74, 6) is 0.755. The number of imidazole rings is 1. The zero-order chi connectivity index (χ0) is 12.4. The Labute approximate surface area is 99.7 Å². The molecule has 0 aliphatic rings. The second kappa shape index (κ2) is 4.41. The van der Waals surface area contributed by atoms with Crippen molar-refractivity contribution in [2.45, 2.75) is 13.8 Å². The number of benzene rings is 1. The molecule has 0 spiro atoms. The van der Waals surface area contributed by atoms with Gasteiger partial charge in [-0.1, -0.05) is 6.07 Å². The van der Waals surface area contributed by atoms with Crippen LogP contribution in [0.2, 0.25) is 0 Å². The summed E-state index contributed by atoms with van der Waals surface area (Å²) >= 11 is 0. The summed E-state index contributed by atoms with van der Waals surface area (Å²) in [5, 5.41) is 0. The fraction of sp³-hybridized carbons (Fsp3) is 0.231. The standard InChI is InChI=1S/C13H14N2O2/c1-8-4-9(2)13(17-3)10(5-8)12-11(6-16)14-7-15-12/h4-7H,1-3H3,(H,14,15). The van der Waals surface area contributed by atoms with Crippen LogP contribution in [-0.4, -0.2) is 23.4 Å². The molecule has 0 amide bonds. The number of carbonyl (C=O) groups excluding carboxylic acids is 1. The molecular formula is C13H14N2O2. The maximum atomic E-state index is 10.9. The molecular weight excluding hydrogens is 216 g/mol. The van der Waals surface area contributed by atoms with Crippen LogP contribution < -0.4 is 4.74 Å². The van der Waals surface area contributed by atoms with Crippen LogP contribution in [0.1, 0.15) is 21.6 Å². The third-order valence-corrected chi connectivity index (χ3v) is 2.66. The normalized spacial score (nSPS) is 10.3. The average Bonchev–Trinajstić information content (AvgIpc) is 2.75. The molecule has 2 aromatic rings. The number of nitrogens with zero attached hydrogens (tertiary/aromatic N) is 1. The van der Waals surface area contributed by atoms with Gasteiger partial charge in [0.15, 0.2) is 6.29 Å². The zero-order valence-corrected chi connectivity index (χ0v) is 10.1. The van der Waals surface area contributed by atoms with Gasteiger partial charge in [-0.3, -0.25) is 4.79 Å². The van der Waals surface area contributed by atoms with Crippen LogP contribution in [0.15, 0.2) is 18.5 Å². The molecule has 0 saturated carbocycles. The first kappa shape index (κ1) is 11.4. The second-order valence-electron chi connectivity index (χ2n) is 3.95. The highest BCUT2D eigenvalue weighted by Gasteiger charge is 2.15. The molecule has 0 atom stereocenters. The molecule has 0 aliphatic carbocycles. The van der Waals surface area contributed by atoms with Gasteiger partial charge in [0.2, 0.25) is 0 Å². The van der Waals surface area contributed by atoms with Gasteiger partial charge in [0.1, 0.15) is 17.1 Å². The number of ether oxygens (including phenoxy) is 1. The number of aromatic nitrogens is 2. The number of methoxy groups -OCH3 is 1. The zero-order valence-electron chi connectivity index (χ0n) is 10.1. The number of hydrogen-bond donors (Lipinski definition) is 1. The van der Waals surface area contributed by atoms with Crippen molar-refractivity contribution in [2.24, 2.45) is 0 Å². The number of aldehydes is 1. The molecule has 0 saturated heterocycles. The Hall–Kier alpha value is -2.10. The Balaban J connectivity index is 2.70. The van der Waals surface area contributed by atoms with Crippen molar-refractivity contribution in [1.29, 1.82) is 0 Å². The van der Waals surface area contributed by atoms with E-state index in [4.69, 9.17) is 4.74 Å². The monoisotopic (exact) mass is 230 g/mol. The number of hydrogen-bond acceptors (Lipinski definition) is 3. The molecule has 88 valence electrons. The molecule has 1 aromatic heterocycles. The van der Waals surface area contributed by atoms with Crippen LogP contribution in [0.4, 0.5) is 0 Å². The van der Waals surface area contributed by atoms with Gasteiger partial charge in [0.25, 0.3) is 0 Å². The summed E-state index contributed by atoms with van der Waals surface area (Å²) in [6, 6.07) is 4.00. The van der Waals surface area contributed by atoms with Crippen LogP contribution in [0, 0.1) is 13.8 Å². The summed E-state index contributed by atoms with van der Waals surface area (Å²) in [6.45, 7) is 3.98. The molecule has 1 N–H and O–H groups in total. The van der Waals surface area contributed by atoms with Gasteiger partial charge < -0.3 is 9.72 Å². The van der Waals surface area contributed by atoms with Crippen molar-refractivity contribution >= 4 is 6.29 Å². The number of aromatic amines is 1. The average molecular weight is 230 g/mol. The molecule has 0 aliphatic heterocycles. The van der Waals surface area contributed by atoms with E-state index in [2.05, 4.69) is 9.97 Å². The maximum Gasteiger partial charge on any atom is 0.168 e. The summed E-state index contributed by atoms with van der Waals surface area (Å²) in [4.78, 5) is 17.9. The molecule has 4 nitrogen and oxygen atoms in total. The van der Waals surface area contributed by atoms with Gasteiger partial charge in [-0.2, -0.15) is 0 Å². The molecule has 17 heavy (non-hydrogen) atoms. The minimum absolute atomic E-state index is 0.466. The van der Waals surface area contributed by atoms with Crippen molar-refractivity contribution in [3.63, 3.8) is 0 Å². The number of H-pyrrole nitrogens is 1. The smallest absolute Gasteiger partial charge is 0.168 e. The Bertz CT molecular complexity index is 559. The first-order chi connectivity index (χ1) is 8.17. The summed E-state index contributed by atoms with van der Waals surface area (Å²) in [6.07, 6.45) is 2.27. The predicted molar refractivity (Wildman–Crippen MR) is 65.4 cm³/mol. The number of carbonyl (C=O) groups is 1. The minimum Gasteiger partial charge on any atom is -0.496 e. The van der Waals surface area contributed by atoms with Crippen molar-refractivity contribution in [1.82, 2.24) is 9.97 Å². The summed E-state index contributed by atoms with van der Waals surface area (Å²) in [5.41, 5.74) is 4.07. The lowest BCUT2D eigenvalue weighted by Gasteiger charge is -2.11. The van der Waals surface area contributed by atoms with Crippen LogP contribution in [0.3, 0.4) is 0 Å². The fourth-order valence-electron chi connectivity index (χ4n) is 2.01. The van der Waals surface area contributed by atoms with Crippen LogP contribution in [-0.2, 0) is 0 Å². The van der Waals surface area contributed by atoms with E-state index in [9.17, 15) is 4.79 Å². The highest BCUT2D eigenvalue weighted by atomic mass is 16.5. The Morgan fingerprint density at radius 2 is 2.12 bits per heavy atom. The lowest BCUT2D eigenvalue weighted by molar-refractivity contribution is 0.112. The van der Waals surface area contributed by atoms with Gasteiger partial charge in [-0.05, 0) is 31.0 Å². The molecule has 0 fully saturated rings. The van der Waals surface area contributed by atoms with Gasteiger partial charge in [0, 0.05) is 5.56 Å². The van der Waals surface area contributed by atoms with E-state index in [0.717, 1.165) is 28.7 Å². The van der Waals surface area contributed by atoms with E-state index in [-0.39, 0.29) is 0 Å². The Kier molecular flexibility index (Phi) is 2.95. The molecule has 0 bridgehead atoms. The molecule has 0 radical (unpaired) electrons. The Morgan fingerprint density at radius 3 is 2.76 bits per heavy atom. The predicted octanol–water partition coefficient (Wildman–Crippen LogP) is 2.51. The van der Waals surface area contributed by atoms with E-state index >= 15 is 0 Å². The van der Waals surface area contributed by atoms with E-state index in [1.54, 1.807) is 7.11 Å². The van der Waals surface area contributed by atoms with Crippen LogP contribution in [0.25, 0.3) is 11.3 Å². The third-order valence-electron chi connectivity index (χ3n) is 2.66. The molecule has 1 heterocycles. The van der Waals surface area contributed by atoms with Crippen LogP contribution >= 0.6 is 0 Å². The molecule has 0 unspecified atom stereocenters. The van der Waals surface area contributed by atoms with Crippen molar-refractivity contribution in [3.8, 4) is 17.0 Å². The quantitative estimate of drug-likeness (QED) is 0.824. The van der Waals surface area contributed by atoms with E-state index < -0.39 is 0 Å². The van der Waals surface area contributed by atoms with Gasteiger partial charge >= 0.3 is 0 Å². The highest BCUT2D eigenvalue weighted by molar-refractivity contribution is 5.85. The van der Waals surface area contributed by atoms with E-state index in [0.29, 0.717) is 11.4 Å². The number of nitrogens with one attached hydrogen (secondary N) is 1. The summed E-state index contributed by atoms with van der Waals surface area (Å²) < 4.78 is 5.38. The summed E-state index contributed by atoms with van der Waals surface area (Å²) in [7, 11) is 1.62. The first-order valence-electron chi connectivity index (χ1n) is 5.31. The molecule has 2 rings (SSSR count). The number of rotatable bonds is 3. The largest absolute Gasteiger partial charge is 0.496 e. The number of aryl methyl sites for hydroxylation is 2. The Morgan fingerprint density at radius 1 is 1.35 bits per heavy atom. The first-order valence-corrected chi connectivity index (χ1v) is 5.31. The highest BCUT2D eigenvalue weighted by Crippen LogP contribution is 2.33. The van der Waals surface area contributed by atoms with E-state index in [1.165, 1.54) is 6.33 Å². The third kappa shape index (κ3) is 1.93. The van der Waals surface area contributed by atoms with Crippen molar-refractivity contribution < 1.29 is 9.53 Å². The van der Waals surface area contributed by atoms with Gasteiger partial charge in [0.05, 0.1) is 13.4 Å². The lowest BCUT2D eigenvalue weighted by Crippen LogP contribution is -1.95. The van der Waals surface area contributed by atoms with Crippen LogP contribution in [0.5, 0.6) is 5.75 Å². The maximum absolute atomic E-state index is 10.9. The lowest BCUT2D eigenvalue weighted by atomic mass is 10.0. The fourth-order valence-corrected chi connectivity index (χ4v) is 2.01. The minimum atomic E-state index is 0.466. The molecule has 1 aromatic carbocycles. The van der Waals surface area contributed by atoms with Gasteiger partial charge in [-0.15, -0.1) is 0 Å². The topological polar surface area (TPSA) is 55.0 Å². The molecule has 4 heteroatoms. The van der Waals surface area contributed by atoms with Crippen molar-refractivity contribution in [2.75, 3.05) is 7.11 Å².